The van der Waals surface area contributed by atoms with Crippen molar-refractivity contribution >= 4 is 5.97 Å². The molecule has 0 radical (unpaired) electrons. The van der Waals surface area contributed by atoms with E-state index in [0.29, 0.717) is 17.9 Å². The number of halogens is 1. The molecule has 36 heavy (non-hydrogen) atoms. The molecule has 2 heterocycles. The molecule has 2 aliphatic rings. The smallest absolute Gasteiger partial charge is 0.321 e. The molecular formula is C30H41FN2O3. The Kier molecular flexibility index (Phi) is 9.15. The van der Waals surface area contributed by atoms with Crippen LogP contribution < -0.4 is 0 Å². The SMILES string of the molecule is CC(C)[C@H](C(=O)O)N1C[C@H](CN2CCC(O)CC2CCCc2ccc(F)cc2)[C@@H](c2ccccc2)C1. The van der Waals surface area contributed by atoms with Gasteiger partial charge in [0.25, 0.3) is 0 Å². The molecule has 0 saturated carbocycles. The van der Waals surface area contributed by atoms with Crippen LogP contribution in [0, 0.1) is 17.7 Å². The van der Waals surface area contributed by atoms with Gasteiger partial charge in [0.2, 0.25) is 0 Å². The number of likely N-dealkylation sites (tertiary alicyclic amines) is 2. The number of benzene rings is 2. The Morgan fingerprint density at radius 1 is 1.08 bits per heavy atom. The van der Waals surface area contributed by atoms with Gasteiger partial charge in [0.05, 0.1) is 6.10 Å². The number of aryl methyl sites for hydroxylation is 1. The zero-order valence-corrected chi connectivity index (χ0v) is 21.6. The predicted octanol–water partition coefficient (Wildman–Crippen LogP) is 4.80. The van der Waals surface area contributed by atoms with Gasteiger partial charge in [-0.25, -0.2) is 4.39 Å². The summed E-state index contributed by atoms with van der Waals surface area (Å²) in [5.74, 6) is -0.276. The van der Waals surface area contributed by atoms with E-state index in [1.54, 1.807) is 0 Å². The summed E-state index contributed by atoms with van der Waals surface area (Å²) >= 11 is 0. The second-order valence-corrected chi connectivity index (χ2v) is 11.1. The van der Waals surface area contributed by atoms with Crippen molar-refractivity contribution in [2.75, 3.05) is 26.2 Å². The first kappa shape index (κ1) is 26.8. The highest BCUT2D eigenvalue weighted by Crippen LogP contribution is 2.37. The van der Waals surface area contributed by atoms with Gasteiger partial charge in [0.1, 0.15) is 11.9 Å². The Balaban J connectivity index is 1.46. The molecule has 2 aliphatic heterocycles. The van der Waals surface area contributed by atoms with Crippen LogP contribution in [0.1, 0.15) is 56.6 Å². The number of carboxylic acid groups (broad SMARTS) is 1. The number of aliphatic hydroxyl groups excluding tert-OH is 1. The zero-order valence-electron chi connectivity index (χ0n) is 21.6. The van der Waals surface area contributed by atoms with Gasteiger partial charge in [-0.2, -0.15) is 0 Å². The number of carboxylic acids is 1. The molecule has 2 unspecified atom stereocenters. The fourth-order valence-corrected chi connectivity index (χ4v) is 6.37. The predicted molar refractivity (Wildman–Crippen MR) is 140 cm³/mol. The van der Waals surface area contributed by atoms with Crippen molar-refractivity contribution in [2.45, 2.75) is 70.1 Å². The molecule has 2 fully saturated rings. The lowest BCUT2D eigenvalue weighted by Gasteiger charge is -2.40. The van der Waals surface area contributed by atoms with Gasteiger partial charge in [-0.3, -0.25) is 14.6 Å². The third-order valence-electron chi connectivity index (χ3n) is 8.17. The van der Waals surface area contributed by atoms with Gasteiger partial charge in [0.15, 0.2) is 0 Å². The third-order valence-corrected chi connectivity index (χ3v) is 8.17. The van der Waals surface area contributed by atoms with E-state index in [4.69, 9.17) is 0 Å². The Labute approximate surface area is 214 Å². The van der Waals surface area contributed by atoms with Crippen molar-refractivity contribution in [3.8, 4) is 0 Å². The molecule has 2 aromatic rings. The van der Waals surface area contributed by atoms with E-state index in [9.17, 15) is 19.4 Å². The van der Waals surface area contributed by atoms with Crippen molar-refractivity contribution < 1.29 is 19.4 Å². The summed E-state index contributed by atoms with van der Waals surface area (Å²) in [6.45, 7) is 7.30. The molecule has 2 aromatic carbocycles. The maximum Gasteiger partial charge on any atom is 0.321 e. The fraction of sp³-hybridized carbons (Fsp3) is 0.567. The van der Waals surface area contributed by atoms with Gasteiger partial charge in [-0.05, 0) is 67.2 Å². The first-order valence-electron chi connectivity index (χ1n) is 13.5. The van der Waals surface area contributed by atoms with Crippen molar-refractivity contribution in [2.24, 2.45) is 11.8 Å². The standard InChI is InChI=1S/C30H41FN2O3/c1-21(2)29(30(35)36)33-19-24(28(20-33)23-8-4-3-5-9-23)18-32-16-15-27(34)17-26(32)10-6-7-22-11-13-25(31)14-12-22/h3-5,8-9,11-14,21,24,26-29,34H,6-7,10,15-20H2,1-2H3,(H,35,36)/t24-,26?,27?,28+,29+/m0/s1. The highest BCUT2D eigenvalue weighted by Gasteiger charge is 2.42. The van der Waals surface area contributed by atoms with Crippen LogP contribution >= 0.6 is 0 Å². The number of piperidine rings is 1. The normalized spacial score (nSPS) is 26.4. The molecule has 0 spiro atoms. The number of hydrogen-bond acceptors (Lipinski definition) is 4. The van der Waals surface area contributed by atoms with Gasteiger partial charge >= 0.3 is 5.97 Å². The third kappa shape index (κ3) is 6.72. The number of carbonyl (C=O) groups is 1. The summed E-state index contributed by atoms with van der Waals surface area (Å²) in [7, 11) is 0. The molecule has 0 aliphatic carbocycles. The molecule has 0 amide bonds. The average molecular weight is 497 g/mol. The van der Waals surface area contributed by atoms with Gasteiger partial charge < -0.3 is 10.2 Å². The number of nitrogens with zero attached hydrogens (tertiary/aromatic N) is 2. The van der Waals surface area contributed by atoms with E-state index in [0.717, 1.165) is 63.8 Å². The lowest BCUT2D eigenvalue weighted by atomic mass is 9.86. The van der Waals surface area contributed by atoms with Crippen LogP contribution in [0.2, 0.25) is 0 Å². The molecule has 2 N–H and O–H groups in total. The van der Waals surface area contributed by atoms with E-state index in [-0.39, 0.29) is 17.8 Å². The second-order valence-electron chi connectivity index (χ2n) is 11.1. The van der Waals surface area contributed by atoms with Crippen molar-refractivity contribution in [3.05, 3.63) is 71.5 Å². The molecule has 0 bridgehead atoms. The van der Waals surface area contributed by atoms with E-state index in [2.05, 4.69) is 34.1 Å². The number of aliphatic hydroxyl groups is 1. The fourth-order valence-electron chi connectivity index (χ4n) is 6.37. The first-order valence-corrected chi connectivity index (χ1v) is 13.5. The van der Waals surface area contributed by atoms with Crippen LogP contribution in [-0.2, 0) is 11.2 Å². The van der Waals surface area contributed by atoms with Crippen LogP contribution in [-0.4, -0.2) is 70.3 Å². The van der Waals surface area contributed by atoms with Crippen molar-refractivity contribution in [3.63, 3.8) is 0 Å². The minimum absolute atomic E-state index is 0.0435. The van der Waals surface area contributed by atoms with Crippen molar-refractivity contribution in [1.82, 2.24) is 9.80 Å². The molecule has 196 valence electrons. The lowest BCUT2D eigenvalue weighted by molar-refractivity contribution is -0.144. The van der Waals surface area contributed by atoms with E-state index in [1.807, 2.05) is 32.0 Å². The minimum Gasteiger partial charge on any atom is -0.480 e. The molecule has 0 aromatic heterocycles. The highest BCUT2D eigenvalue weighted by atomic mass is 19.1. The Bertz CT molecular complexity index is 968. The Morgan fingerprint density at radius 3 is 2.47 bits per heavy atom. The molecule has 5 nitrogen and oxygen atoms in total. The highest BCUT2D eigenvalue weighted by molar-refractivity contribution is 5.73. The zero-order chi connectivity index (χ0) is 25.7. The molecule has 6 heteroatoms. The first-order chi connectivity index (χ1) is 17.3. The monoisotopic (exact) mass is 496 g/mol. The minimum atomic E-state index is -0.739. The van der Waals surface area contributed by atoms with Crippen LogP contribution in [0.15, 0.2) is 54.6 Å². The number of aliphatic carboxylic acids is 1. The van der Waals surface area contributed by atoms with Crippen molar-refractivity contribution in [1.29, 1.82) is 0 Å². The van der Waals surface area contributed by atoms with Crippen LogP contribution in [0.4, 0.5) is 4.39 Å². The Morgan fingerprint density at radius 2 is 1.81 bits per heavy atom. The largest absolute Gasteiger partial charge is 0.480 e. The van der Waals surface area contributed by atoms with E-state index in [1.165, 1.54) is 17.7 Å². The van der Waals surface area contributed by atoms with Crippen LogP contribution in [0.5, 0.6) is 0 Å². The maximum atomic E-state index is 13.2. The summed E-state index contributed by atoms with van der Waals surface area (Å²) in [4.78, 5) is 16.8. The maximum absolute atomic E-state index is 13.2. The second kappa shape index (κ2) is 12.3. The number of hydrogen-bond donors (Lipinski definition) is 2. The molecule has 5 atom stereocenters. The lowest BCUT2D eigenvalue weighted by Crippen LogP contribution is -2.47. The van der Waals surface area contributed by atoms with E-state index >= 15 is 0 Å². The number of rotatable bonds is 10. The van der Waals surface area contributed by atoms with Gasteiger partial charge in [-0.15, -0.1) is 0 Å². The van der Waals surface area contributed by atoms with Crippen LogP contribution in [0.25, 0.3) is 0 Å². The molecule has 4 rings (SSSR count). The molecular weight excluding hydrogens is 455 g/mol. The summed E-state index contributed by atoms with van der Waals surface area (Å²) in [5.41, 5.74) is 2.42. The summed E-state index contributed by atoms with van der Waals surface area (Å²) in [6, 6.07) is 17.1. The summed E-state index contributed by atoms with van der Waals surface area (Å²) in [6.07, 6.45) is 4.18. The quantitative estimate of drug-likeness (QED) is 0.495. The van der Waals surface area contributed by atoms with Crippen LogP contribution in [0.3, 0.4) is 0 Å². The topological polar surface area (TPSA) is 64.0 Å². The molecule has 2 saturated heterocycles. The van der Waals surface area contributed by atoms with Gasteiger partial charge in [0, 0.05) is 38.1 Å². The Hall–Kier alpha value is -2.28. The van der Waals surface area contributed by atoms with E-state index < -0.39 is 12.0 Å². The van der Waals surface area contributed by atoms with Gasteiger partial charge in [-0.1, -0.05) is 56.3 Å². The summed E-state index contributed by atoms with van der Waals surface area (Å²) in [5, 5.41) is 20.4. The summed E-state index contributed by atoms with van der Waals surface area (Å²) < 4.78 is 13.2. The average Bonchev–Trinajstić information content (AvgIpc) is 3.25.